The summed E-state index contributed by atoms with van der Waals surface area (Å²) in [5, 5.41) is 4.29. The van der Waals surface area contributed by atoms with Gasteiger partial charge >= 0.3 is 0 Å². The van der Waals surface area contributed by atoms with Crippen LogP contribution in [0.25, 0.3) is 0 Å². The van der Waals surface area contributed by atoms with E-state index in [1.54, 1.807) is 25.1 Å². The summed E-state index contributed by atoms with van der Waals surface area (Å²) in [4.78, 5) is 38.7. The monoisotopic (exact) mass is 466 g/mol. The molecule has 0 fully saturated rings. The number of anilines is 1. The molecule has 1 aromatic heterocycles. The number of hydrogen-bond acceptors (Lipinski definition) is 8. The molecule has 1 N–H and O–H groups in total. The number of ether oxygens (including phenoxy) is 2. The van der Waals surface area contributed by atoms with Crippen LogP contribution >= 0.6 is 11.3 Å². The van der Waals surface area contributed by atoms with Gasteiger partial charge in [-0.05, 0) is 24.6 Å². The lowest BCUT2D eigenvalue weighted by molar-refractivity contribution is -0.114. The molecule has 0 radical (unpaired) electrons. The van der Waals surface area contributed by atoms with E-state index in [0.29, 0.717) is 23.7 Å². The van der Waals surface area contributed by atoms with Gasteiger partial charge in [-0.2, -0.15) is 0 Å². The molecule has 3 amide bonds. The molecule has 11 heteroatoms. The average molecular weight is 467 g/mol. The summed E-state index contributed by atoms with van der Waals surface area (Å²) < 4.78 is 35.2. The van der Waals surface area contributed by atoms with Crippen molar-refractivity contribution in [2.24, 2.45) is 0 Å². The maximum Gasteiger partial charge on any atom is 0.265 e. The van der Waals surface area contributed by atoms with Crippen molar-refractivity contribution in [1.82, 2.24) is 4.90 Å². The molecule has 0 unspecified atom stereocenters. The van der Waals surface area contributed by atoms with Crippen molar-refractivity contribution in [3.8, 4) is 11.5 Å². The molecule has 2 aromatic rings. The predicted octanol–water partition coefficient (Wildman–Crippen LogP) is 2.50. The van der Waals surface area contributed by atoms with Gasteiger partial charge in [-0.15, -0.1) is 11.3 Å². The van der Waals surface area contributed by atoms with Crippen molar-refractivity contribution < 1.29 is 32.3 Å². The normalized spacial score (nSPS) is 14.4. The Morgan fingerprint density at radius 2 is 1.94 bits per heavy atom. The van der Waals surface area contributed by atoms with Gasteiger partial charge in [-0.1, -0.05) is 6.07 Å². The van der Waals surface area contributed by atoms with Crippen molar-refractivity contribution in [2.45, 2.75) is 19.9 Å². The Morgan fingerprint density at radius 1 is 1.23 bits per heavy atom. The Balaban J connectivity index is 2.09. The fourth-order valence-corrected chi connectivity index (χ4v) is 5.27. The van der Waals surface area contributed by atoms with Crippen LogP contribution < -0.4 is 14.8 Å². The number of benzene rings is 1. The highest BCUT2D eigenvalue weighted by Gasteiger charge is 2.44. The molecular formula is C20H22N2O7S2. The van der Waals surface area contributed by atoms with Gasteiger partial charge in [-0.25, -0.2) is 8.42 Å². The van der Waals surface area contributed by atoms with Gasteiger partial charge in [0.1, 0.15) is 14.8 Å². The Kier molecular flexibility index (Phi) is 6.37. The molecule has 1 aliphatic heterocycles. The number of methoxy groups -OCH3 is 1. The van der Waals surface area contributed by atoms with E-state index in [4.69, 9.17) is 9.47 Å². The smallest absolute Gasteiger partial charge is 0.265 e. The lowest BCUT2D eigenvalue weighted by Gasteiger charge is -2.27. The number of fused-ring (bicyclic) bond motifs is 1. The predicted molar refractivity (Wildman–Crippen MR) is 116 cm³/mol. The second kappa shape index (κ2) is 8.67. The van der Waals surface area contributed by atoms with E-state index in [-0.39, 0.29) is 22.0 Å². The average Bonchev–Trinajstić information content (AvgIpc) is 3.19. The Hall–Kier alpha value is -2.92. The summed E-state index contributed by atoms with van der Waals surface area (Å²) in [5.74, 6) is -1.32. The summed E-state index contributed by atoms with van der Waals surface area (Å²) in [5.41, 5.74) is 0.615. The van der Waals surface area contributed by atoms with Gasteiger partial charge in [0, 0.05) is 18.6 Å². The molecule has 0 aliphatic carbocycles. The van der Waals surface area contributed by atoms with E-state index < -0.39 is 33.4 Å². The van der Waals surface area contributed by atoms with Crippen LogP contribution in [0.4, 0.5) is 5.00 Å². The number of amides is 3. The third-order valence-corrected chi connectivity index (χ3v) is 6.42. The molecule has 0 saturated carbocycles. The SMILES string of the molecule is CCOc1cc([C@@H](CS(C)(=O)=O)N2C(=O)c3csc(NC(C)=O)c3C2=O)ccc1OC. The minimum Gasteiger partial charge on any atom is -0.493 e. The Bertz CT molecular complexity index is 1150. The van der Waals surface area contributed by atoms with Crippen molar-refractivity contribution in [3.05, 3.63) is 40.3 Å². The summed E-state index contributed by atoms with van der Waals surface area (Å²) in [6.07, 6.45) is 1.04. The van der Waals surface area contributed by atoms with E-state index in [1.807, 2.05) is 0 Å². The topological polar surface area (TPSA) is 119 Å². The van der Waals surface area contributed by atoms with E-state index in [1.165, 1.54) is 19.4 Å². The maximum atomic E-state index is 13.2. The third-order valence-electron chi connectivity index (χ3n) is 4.61. The number of hydrogen-bond donors (Lipinski definition) is 1. The van der Waals surface area contributed by atoms with E-state index in [9.17, 15) is 22.8 Å². The number of rotatable bonds is 8. The summed E-state index contributed by atoms with van der Waals surface area (Å²) in [7, 11) is -2.11. The lowest BCUT2D eigenvalue weighted by Crippen LogP contribution is -2.38. The largest absolute Gasteiger partial charge is 0.493 e. The van der Waals surface area contributed by atoms with E-state index in [2.05, 4.69) is 5.32 Å². The maximum absolute atomic E-state index is 13.2. The molecule has 0 bridgehead atoms. The second-order valence-corrected chi connectivity index (χ2v) is 10.0. The van der Waals surface area contributed by atoms with E-state index in [0.717, 1.165) is 22.5 Å². The van der Waals surface area contributed by atoms with Crippen molar-refractivity contribution >= 4 is 43.9 Å². The van der Waals surface area contributed by atoms with Crippen molar-refractivity contribution in [1.29, 1.82) is 0 Å². The van der Waals surface area contributed by atoms with Crippen molar-refractivity contribution in [2.75, 3.05) is 31.0 Å². The fraction of sp³-hybridized carbons (Fsp3) is 0.350. The van der Waals surface area contributed by atoms with Crippen LogP contribution in [0.3, 0.4) is 0 Å². The summed E-state index contributed by atoms with van der Waals surface area (Å²) in [6.45, 7) is 3.42. The van der Waals surface area contributed by atoms with Gasteiger partial charge in [-0.3, -0.25) is 19.3 Å². The third kappa shape index (κ3) is 4.57. The zero-order valence-corrected chi connectivity index (χ0v) is 19.1. The van der Waals surface area contributed by atoms with Gasteiger partial charge in [0.15, 0.2) is 11.5 Å². The van der Waals surface area contributed by atoms with Crippen LogP contribution in [-0.4, -0.2) is 56.8 Å². The Labute approximate surface area is 183 Å². The zero-order chi connectivity index (χ0) is 22.9. The number of nitrogens with zero attached hydrogens (tertiary/aromatic N) is 1. The fourth-order valence-electron chi connectivity index (χ4n) is 3.38. The Morgan fingerprint density at radius 3 is 2.52 bits per heavy atom. The van der Waals surface area contributed by atoms with Gasteiger partial charge in [0.05, 0.1) is 36.6 Å². The van der Waals surface area contributed by atoms with Gasteiger partial charge < -0.3 is 14.8 Å². The van der Waals surface area contributed by atoms with Crippen LogP contribution in [-0.2, 0) is 14.6 Å². The van der Waals surface area contributed by atoms with Crippen LogP contribution in [0, 0.1) is 0 Å². The quantitative estimate of drug-likeness (QED) is 0.594. The van der Waals surface area contributed by atoms with Gasteiger partial charge in [0.25, 0.3) is 11.8 Å². The number of nitrogens with one attached hydrogen (secondary N) is 1. The first kappa shape index (κ1) is 22.8. The summed E-state index contributed by atoms with van der Waals surface area (Å²) in [6, 6.07) is 3.68. The number of thiophene rings is 1. The minimum atomic E-state index is -3.58. The molecule has 2 heterocycles. The first-order valence-corrected chi connectivity index (χ1v) is 12.3. The van der Waals surface area contributed by atoms with Crippen molar-refractivity contribution in [3.63, 3.8) is 0 Å². The standard InChI is InChI=1S/C20H22N2O7S2/c1-5-29-16-8-12(6-7-15(16)28-3)14(10-31(4,26)27)22-19(24)13-9-30-18(21-11(2)23)17(13)20(22)25/h6-9,14H,5,10H2,1-4H3,(H,21,23)/t14-/m1/s1. The molecular weight excluding hydrogens is 444 g/mol. The molecule has 0 spiro atoms. The highest BCUT2D eigenvalue weighted by atomic mass is 32.2. The second-order valence-electron chi connectivity index (χ2n) is 6.97. The number of carbonyl (C=O) groups excluding carboxylic acids is 3. The molecule has 1 aromatic carbocycles. The molecule has 166 valence electrons. The van der Waals surface area contributed by atoms with Crippen LogP contribution in [0.15, 0.2) is 23.6 Å². The molecule has 1 aliphatic rings. The number of sulfone groups is 1. The first-order valence-electron chi connectivity index (χ1n) is 9.32. The van der Waals surface area contributed by atoms with Gasteiger partial charge in [0.2, 0.25) is 5.91 Å². The first-order chi connectivity index (χ1) is 14.6. The highest BCUT2D eigenvalue weighted by Crippen LogP contribution is 2.41. The van der Waals surface area contributed by atoms with E-state index >= 15 is 0 Å². The highest BCUT2D eigenvalue weighted by molar-refractivity contribution is 7.90. The number of carbonyl (C=O) groups is 3. The molecule has 3 rings (SSSR count). The van der Waals surface area contributed by atoms with Crippen LogP contribution in [0.5, 0.6) is 11.5 Å². The number of imide groups is 1. The summed E-state index contributed by atoms with van der Waals surface area (Å²) >= 11 is 1.07. The molecule has 0 saturated heterocycles. The zero-order valence-electron chi connectivity index (χ0n) is 17.4. The minimum absolute atomic E-state index is 0.0715. The molecule has 31 heavy (non-hydrogen) atoms. The van der Waals surface area contributed by atoms with Crippen LogP contribution in [0.1, 0.15) is 46.2 Å². The van der Waals surface area contributed by atoms with Crippen LogP contribution in [0.2, 0.25) is 0 Å². The molecule has 1 atom stereocenters. The molecule has 9 nitrogen and oxygen atoms in total. The lowest BCUT2D eigenvalue weighted by atomic mass is 10.1.